The van der Waals surface area contributed by atoms with Gasteiger partial charge in [-0.3, -0.25) is 0 Å². The number of rotatable bonds is 4. The smallest absolute Gasteiger partial charge is 0.207 e. The number of halogens is 2. The Morgan fingerprint density at radius 1 is 1.39 bits per heavy atom. The van der Waals surface area contributed by atoms with Gasteiger partial charge in [0.15, 0.2) is 11.6 Å². The SMILES string of the molecule is CC(CC#N)N(C)S(=O)(=O)c1ccc(F)c(F)c1. The van der Waals surface area contributed by atoms with Crippen molar-refractivity contribution in [2.75, 3.05) is 7.05 Å². The third kappa shape index (κ3) is 2.83. The molecule has 1 aromatic rings. The van der Waals surface area contributed by atoms with Crippen LogP contribution in [0.2, 0.25) is 0 Å². The number of nitrogens with zero attached hydrogens (tertiary/aromatic N) is 2. The van der Waals surface area contributed by atoms with Gasteiger partial charge in [-0.2, -0.15) is 9.57 Å². The minimum atomic E-state index is -3.92. The molecule has 98 valence electrons. The fourth-order valence-corrected chi connectivity index (χ4v) is 2.67. The first-order chi connectivity index (χ1) is 8.30. The molecule has 1 unspecified atom stereocenters. The number of hydrogen-bond donors (Lipinski definition) is 0. The van der Waals surface area contributed by atoms with E-state index in [1.807, 2.05) is 6.07 Å². The van der Waals surface area contributed by atoms with E-state index in [1.54, 1.807) is 6.92 Å². The zero-order valence-electron chi connectivity index (χ0n) is 9.89. The number of benzene rings is 1. The maximum absolute atomic E-state index is 13.0. The summed E-state index contributed by atoms with van der Waals surface area (Å²) >= 11 is 0. The molecule has 7 heteroatoms. The Kier molecular flexibility index (Phi) is 4.38. The lowest BCUT2D eigenvalue weighted by atomic mass is 10.3. The zero-order chi connectivity index (χ0) is 13.9. The van der Waals surface area contributed by atoms with Crippen molar-refractivity contribution in [3.8, 4) is 6.07 Å². The molecule has 0 aliphatic rings. The van der Waals surface area contributed by atoms with Crippen LogP contribution in [0.4, 0.5) is 8.78 Å². The molecule has 18 heavy (non-hydrogen) atoms. The van der Waals surface area contributed by atoms with Crippen LogP contribution >= 0.6 is 0 Å². The van der Waals surface area contributed by atoms with Crippen molar-refractivity contribution in [3.05, 3.63) is 29.8 Å². The molecule has 0 saturated heterocycles. The van der Waals surface area contributed by atoms with E-state index in [2.05, 4.69) is 0 Å². The summed E-state index contributed by atoms with van der Waals surface area (Å²) in [6.07, 6.45) is 0.0133. The molecule has 1 atom stereocenters. The first kappa shape index (κ1) is 14.5. The molecule has 0 bridgehead atoms. The van der Waals surface area contributed by atoms with E-state index in [0.29, 0.717) is 6.07 Å². The van der Waals surface area contributed by atoms with Crippen LogP contribution in [0.1, 0.15) is 13.3 Å². The first-order valence-electron chi connectivity index (χ1n) is 5.10. The van der Waals surface area contributed by atoms with Crippen molar-refractivity contribution in [3.63, 3.8) is 0 Å². The summed E-state index contributed by atoms with van der Waals surface area (Å²) in [4.78, 5) is -0.339. The van der Waals surface area contributed by atoms with Crippen LogP contribution in [0.3, 0.4) is 0 Å². The van der Waals surface area contributed by atoms with E-state index in [-0.39, 0.29) is 11.3 Å². The number of hydrogen-bond acceptors (Lipinski definition) is 3. The van der Waals surface area contributed by atoms with Gasteiger partial charge in [0.25, 0.3) is 0 Å². The van der Waals surface area contributed by atoms with Crippen molar-refractivity contribution in [2.45, 2.75) is 24.3 Å². The van der Waals surface area contributed by atoms with Crippen LogP contribution in [0.25, 0.3) is 0 Å². The van der Waals surface area contributed by atoms with E-state index in [1.165, 1.54) is 7.05 Å². The highest BCUT2D eigenvalue weighted by Gasteiger charge is 2.26. The normalized spacial score (nSPS) is 13.3. The molecule has 0 heterocycles. The molecule has 0 radical (unpaired) electrons. The van der Waals surface area contributed by atoms with E-state index < -0.39 is 27.7 Å². The topological polar surface area (TPSA) is 61.2 Å². The van der Waals surface area contributed by atoms with Crippen molar-refractivity contribution >= 4 is 10.0 Å². The van der Waals surface area contributed by atoms with Gasteiger partial charge in [0.2, 0.25) is 10.0 Å². The van der Waals surface area contributed by atoms with Gasteiger partial charge in [-0.05, 0) is 25.1 Å². The lowest BCUT2D eigenvalue weighted by Crippen LogP contribution is -2.34. The fraction of sp³-hybridized carbons (Fsp3) is 0.364. The first-order valence-corrected chi connectivity index (χ1v) is 6.54. The highest BCUT2D eigenvalue weighted by atomic mass is 32.2. The molecule has 1 rings (SSSR count). The average Bonchev–Trinajstić information content (AvgIpc) is 2.31. The van der Waals surface area contributed by atoms with Crippen LogP contribution in [0.5, 0.6) is 0 Å². The Morgan fingerprint density at radius 2 is 2.00 bits per heavy atom. The standard InChI is InChI=1S/C11H12F2N2O2S/c1-8(5-6-14)15(2)18(16,17)9-3-4-10(12)11(13)7-9/h3-4,7-8H,5H2,1-2H3. The molecular weight excluding hydrogens is 262 g/mol. The highest BCUT2D eigenvalue weighted by molar-refractivity contribution is 7.89. The molecule has 0 spiro atoms. The van der Waals surface area contributed by atoms with Crippen molar-refractivity contribution in [1.82, 2.24) is 4.31 Å². The third-order valence-electron chi connectivity index (χ3n) is 2.58. The largest absolute Gasteiger partial charge is 0.243 e. The van der Waals surface area contributed by atoms with E-state index in [0.717, 1.165) is 16.4 Å². The Morgan fingerprint density at radius 3 is 2.50 bits per heavy atom. The van der Waals surface area contributed by atoms with Crippen LogP contribution < -0.4 is 0 Å². The maximum atomic E-state index is 13.0. The predicted octanol–water partition coefficient (Wildman–Crippen LogP) is 1.89. The Bertz CT molecular complexity index is 581. The molecule has 0 aliphatic heterocycles. The monoisotopic (exact) mass is 274 g/mol. The molecule has 0 N–H and O–H groups in total. The summed E-state index contributed by atoms with van der Waals surface area (Å²) < 4.78 is 50.8. The second kappa shape index (κ2) is 5.42. The van der Waals surface area contributed by atoms with Gasteiger partial charge in [-0.15, -0.1) is 0 Å². The van der Waals surface area contributed by atoms with Gasteiger partial charge in [-0.25, -0.2) is 17.2 Å². The summed E-state index contributed by atoms with van der Waals surface area (Å²) in [5.41, 5.74) is 0. The molecule has 1 aromatic carbocycles. The Hall–Kier alpha value is -1.52. The molecule has 0 saturated carbocycles. The van der Waals surface area contributed by atoms with Gasteiger partial charge in [0.05, 0.1) is 17.4 Å². The maximum Gasteiger partial charge on any atom is 0.243 e. The third-order valence-corrected chi connectivity index (χ3v) is 4.54. The summed E-state index contributed by atoms with van der Waals surface area (Å²) in [7, 11) is -2.63. The molecule has 4 nitrogen and oxygen atoms in total. The number of sulfonamides is 1. The van der Waals surface area contributed by atoms with Gasteiger partial charge in [-0.1, -0.05) is 0 Å². The van der Waals surface area contributed by atoms with Crippen LogP contribution in [0.15, 0.2) is 23.1 Å². The Balaban J connectivity index is 3.14. The summed E-state index contributed by atoms with van der Waals surface area (Å²) in [6.45, 7) is 1.56. The van der Waals surface area contributed by atoms with Crippen LogP contribution in [-0.2, 0) is 10.0 Å². The van der Waals surface area contributed by atoms with Gasteiger partial charge in [0.1, 0.15) is 0 Å². The van der Waals surface area contributed by atoms with Crippen LogP contribution in [-0.4, -0.2) is 25.8 Å². The molecule has 0 fully saturated rings. The quantitative estimate of drug-likeness (QED) is 0.842. The Labute approximate surface area is 105 Å². The molecule has 0 aliphatic carbocycles. The molecular formula is C11H12F2N2O2S. The fourth-order valence-electron chi connectivity index (χ4n) is 1.30. The van der Waals surface area contributed by atoms with Gasteiger partial charge >= 0.3 is 0 Å². The minimum absolute atomic E-state index is 0.0133. The van der Waals surface area contributed by atoms with E-state index in [4.69, 9.17) is 5.26 Å². The average molecular weight is 274 g/mol. The van der Waals surface area contributed by atoms with Crippen LogP contribution in [0, 0.1) is 23.0 Å². The summed E-state index contributed by atoms with van der Waals surface area (Å²) in [5, 5.41) is 8.52. The summed E-state index contributed by atoms with van der Waals surface area (Å²) in [6, 6.07) is 3.67. The van der Waals surface area contributed by atoms with Crippen molar-refractivity contribution in [1.29, 1.82) is 5.26 Å². The van der Waals surface area contributed by atoms with Gasteiger partial charge in [0, 0.05) is 13.1 Å². The summed E-state index contributed by atoms with van der Waals surface area (Å²) in [5.74, 6) is -2.33. The molecule has 0 amide bonds. The van der Waals surface area contributed by atoms with Gasteiger partial charge < -0.3 is 0 Å². The minimum Gasteiger partial charge on any atom is -0.207 e. The van der Waals surface area contributed by atoms with Crippen molar-refractivity contribution in [2.24, 2.45) is 0 Å². The number of nitriles is 1. The van der Waals surface area contributed by atoms with E-state index >= 15 is 0 Å². The zero-order valence-corrected chi connectivity index (χ0v) is 10.7. The lowest BCUT2D eigenvalue weighted by Gasteiger charge is -2.22. The molecule has 0 aromatic heterocycles. The van der Waals surface area contributed by atoms with E-state index in [9.17, 15) is 17.2 Å². The second-order valence-corrected chi connectivity index (χ2v) is 5.81. The predicted molar refractivity (Wildman–Crippen MR) is 61.0 cm³/mol. The highest BCUT2D eigenvalue weighted by Crippen LogP contribution is 2.19. The lowest BCUT2D eigenvalue weighted by molar-refractivity contribution is 0.392. The van der Waals surface area contributed by atoms with Crippen molar-refractivity contribution < 1.29 is 17.2 Å². The second-order valence-electron chi connectivity index (χ2n) is 3.81.